The summed E-state index contributed by atoms with van der Waals surface area (Å²) in [5, 5.41) is 0. The number of fused-ring (bicyclic) bond motifs is 1. The van der Waals surface area contributed by atoms with E-state index in [1.807, 2.05) is 6.07 Å². The molecule has 94 valence electrons. The summed E-state index contributed by atoms with van der Waals surface area (Å²) >= 11 is 0. The third-order valence-electron chi connectivity index (χ3n) is 3.33. The normalized spacial score (nSPS) is 15.4. The maximum Gasteiger partial charge on any atom is 0.234 e. The summed E-state index contributed by atoms with van der Waals surface area (Å²) in [5.74, 6) is 0.588. The van der Waals surface area contributed by atoms with Gasteiger partial charge in [0.05, 0.1) is 11.4 Å². The molecule has 0 aromatic heterocycles. The van der Waals surface area contributed by atoms with E-state index in [-0.39, 0.29) is 5.75 Å². The minimum atomic E-state index is -3.12. The first-order valence-electron chi connectivity index (χ1n) is 6.09. The van der Waals surface area contributed by atoms with Gasteiger partial charge < -0.3 is 0 Å². The Morgan fingerprint density at radius 2 is 2.06 bits per heavy atom. The van der Waals surface area contributed by atoms with Crippen LogP contribution in [0.25, 0.3) is 0 Å². The van der Waals surface area contributed by atoms with Crippen molar-refractivity contribution < 1.29 is 8.42 Å². The molecule has 0 saturated heterocycles. The summed E-state index contributed by atoms with van der Waals surface area (Å²) in [5.41, 5.74) is 3.23. The van der Waals surface area contributed by atoms with Crippen LogP contribution in [0, 0.1) is 0 Å². The third-order valence-corrected chi connectivity index (χ3v) is 5.11. The van der Waals surface area contributed by atoms with Gasteiger partial charge in [0.2, 0.25) is 10.0 Å². The van der Waals surface area contributed by atoms with Crippen molar-refractivity contribution in [3.8, 4) is 0 Å². The molecule has 0 spiro atoms. The van der Waals surface area contributed by atoms with Gasteiger partial charge >= 0.3 is 0 Å². The predicted octanol–water partition coefficient (Wildman–Crippen LogP) is 2.52. The van der Waals surface area contributed by atoms with Crippen LogP contribution in [0.2, 0.25) is 0 Å². The fourth-order valence-corrected chi connectivity index (χ4v) is 3.32. The van der Waals surface area contributed by atoms with Crippen LogP contribution in [0.5, 0.6) is 0 Å². The maximum atomic E-state index is 12.0. The number of nitrogens with zero attached hydrogens (tertiary/aromatic N) is 1. The lowest BCUT2D eigenvalue weighted by Crippen LogP contribution is -2.30. The molecule has 0 saturated carbocycles. The Kier molecular flexibility index (Phi) is 3.17. The molecule has 0 bridgehead atoms. The molecule has 3 nitrogen and oxygen atoms in total. The van der Waals surface area contributed by atoms with E-state index in [1.54, 1.807) is 11.2 Å². The van der Waals surface area contributed by atoms with Gasteiger partial charge in [-0.3, -0.25) is 4.31 Å². The molecule has 1 aliphatic heterocycles. The van der Waals surface area contributed by atoms with Crippen LogP contribution in [0.3, 0.4) is 0 Å². The van der Waals surface area contributed by atoms with Crippen molar-refractivity contribution in [1.82, 2.24) is 0 Å². The van der Waals surface area contributed by atoms with Gasteiger partial charge in [-0.2, -0.15) is 0 Å². The number of sulfonamides is 1. The number of rotatable bonds is 3. The molecule has 0 amide bonds. The number of anilines is 1. The summed E-state index contributed by atoms with van der Waals surface area (Å²) in [6.07, 6.45) is 0.826. The van der Waals surface area contributed by atoms with E-state index in [2.05, 4.69) is 26.0 Å². The molecule has 17 heavy (non-hydrogen) atoms. The highest BCUT2D eigenvalue weighted by atomic mass is 32.2. The van der Waals surface area contributed by atoms with Crippen LogP contribution in [-0.2, 0) is 16.4 Å². The fraction of sp³-hybridized carbons (Fsp3) is 0.538. The smallest absolute Gasteiger partial charge is 0.234 e. The van der Waals surface area contributed by atoms with Gasteiger partial charge in [0.25, 0.3) is 0 Å². The number of benzene rings is 1. The lowest BCUT2D eigenvalue weighted by atomic mass is 10.0. The monoisotopic (exact) mass is 253 g/mol. The van der Waals surface area contributed by atoms with Crippen molar-refractivity contribution in [3.05, 3.63) is 29.3 Å². The Labute approximate surface area is 104 Å². The Balaban J connectivity index is 2.46. The second-order valence-corrected chi connectivity index (χ2v) is 6.95. The zero-order chi connectivity index (χ0) is 12.6. The largest absolute Gasteiger partial charge is 0.270 e. The lowest BCUT2D eigenvalue weighted by Gasteiger charge is -2.19. The minimum absolute atomic E-state index is 0.165. The number of hydrogen-bond donors (Lipinski definition) is 0. The molecule has 4 heteroatoms. The molecule has 1 aromatic rings. The molecular formula is C13H19NO2S. The van der Waals surface area contributed by atoms with E-state index >= 15 is 0 Å². The van der Waals surface area contributed by atoms with Crippen LogP contribution >= 0.6 is 0 Å². The van der Waals surface area contributed by atoms with Crippen LogP contribution in [0.1, 0.15) is 37.8 Å². The van der Waals surface area contributed by atoms with Crippen molar-refractivity contribution in [1.29, 1.82) is 0 Å². The summed E-state index contributed by atoms with van der Waals surface area (Å²) in [7, 11) is -3.12. The Morgan fingerprint density at radius 1 is 1.35 bits per heavy atom. The molecule has 0 radical (unpaired) electrons. The van der Waals surface area contributed by atoms with Crippen molar-refractivity contribution in [2.24, 2.45) is 0 Å². The quantitative estimate of drug-likeness (QED) is 0.830. The van der Waals surface area contributed by atoms with Crippen LogP contribution in [-0.4, -0.2) is 20.7 Å². The van der Waals surface area contributed by atoms with Gasteiger partial charge in [0.1, 0.15) is 0 Å². The Morgan fingerprint density at radius 3 is 2.65 bits per heavy atom. The van der Waals surface area contributed by atoms with Crippen molar-refractivity contribution >= 4 is 15.7 Å². The molecule has 0 atom stereocenters. The van der Waals surface area contributed by atoms with E-state index in [9.17, 15) is 8.42 Å². The first-order valence-corrected chi connectivity index (χ1v) is 7.70. The fourth-order valence-electron chi connectivity index (χ4n) is 2.17. The molecule has 0 aliphatic carbocycles. The molecular weight excluding hydrogens is 234 g/mol. The molecule has 1 aliphatic rings. The van der Waals surface area contributed by atoms with Gasteiger partial charge in [0, 0.05) is 6.54 Å². The molecule has 2 rings (SSSR count). The highest BCUT2D eigenvalue weighted by molar-refractivity contribution is 7.92. The van der Waals surface area contributed by atoms with E-state index in [1.165, 1.54) is 5.56 Å². The predicted molar refractivity (Wildman–Crippen MR) is 71.0 cm³/mol. The van der Waals surface area contributed by atoms with Crippen LogP contribution in [0.4, 0.5) is 5.69 Å². The van der Waals surface area contributed by atoms with E-state index in [4.69, 9.17) is 0 Å². The maximum absolute atomic E-state index is 12.0. The van der Waals surface area contributed by atoms with Crippen molar-refractivity contribution in [3.63, 3.8) is 0 Å². The van der Waals surface area contributed by atoms with Gasteiger partial charge in [0.15, 0.2) is 0 Å². The second kappa shape index (κ2) is 4.33. The molecule has 0 unspecified atom stereocenters. The van der Waals surface area contributed by atoms with Crippen LogP contribution in [0.15, 0.2) is 18.2 Å². The highest BCUT2D eigenvalue weighted by Crippen LogP contribution is 2.33. The SMILES string of the molecule is CCS(=O)(=O)N1CCc2ccc(C(C)C)cc21. The van der Waals surface area contributed by atoms with Gasteiger partial charge in [-0.1, -0.05) is 26.0 Å². The average Bonchev–Trinajstić information content (AvgIpc) is 2.72. The summed E-state index contributed by atoms with van der Waals surface area (Å²) in [6.45, 7) is 6.53. The first-order chi connectivity index (χ1) is 7.95. The lowest BCUT2D eigenvalue weighted by molar-refractivity contribution is 0.593. The first kappa shape index (κ1) is 12.4. The third kappa shape index (κ3) is 2.18. The molecule has 0 fully saturated rings. The highest BCUT2D eigenvalue weighted by Gasteiger charge is 2.28. The summed E-state index contributed by atoms with van der Waals surface area (Å²) < 4.78 is 25.5. The standard InChI is InChI=1S/C13H19NO2S/c1-4-17(15,16)14-8-7-11-5-6-12(10(2)3)9-13(11)14/h5-6,9-10H,4,7-8H2,1-3H3. The van der Waals surface area contributed by atoms with Gasteiger partial charge in [-0.05, 0) is 36.5 Å². The van der Waals surface area contributed by atoms with E-state index in [0.29, 0.717) is 12.5 Å². The molecule has 1 aromatic carbocycles. The minimum Gasteiger partial charge on any atom is -0.270 e. The summed E-state index contributed by atoms with van der Waals surface area (Å²) in [6, 6.07) is 6.20. The Bertz CT molecular complexity index is 520. The topological polar surface area (TPSA) is 37.4 Å². The zero-order valence-electron chi connectivity index (χ0n) is 10.6. The molecule has 0 N–H and O–H groups in total. The van der Waals surface area contributed by atoms with E-state index in [0.717, 1.165) is 17.7 Å². The number of hydrogen-bond acceptors (Lipinski definition) is 2. The molecule has 1 heterocycles. The Hall–Kier alpha value is -1.03. The summed E-state index contributed by atoms with van der Waals surface area (Å²) in [4.78, 5) is 0. The van der Waals surface area contributed by atoms with E-state index < -0.39 is 10.0 Å². The average molecular weight is 253 g/mol. The van der Waals surface area contributed by atoms with Crippen LogP contribution < -0.4 is 4.31 Å². The zero-order valence-corrected chi connectivity index (χ0v) is 11.4. The van der Waals surface area contributed by atoms with Crippen molar-refractivity contribution in [2.45, 2.75) is 33.1 Å². The van der Waals surface area contributed by atoms with Gasteiger partial charge in [-0.15, -0.1) is 0 Å². The van der Waals surface area contributed by atoms with Gasteiger partial charge in [-0.25, -0.2) is 8.42 Å². The van der Waals surface area contributed by atoms with Crippen molar-refractivity contribution in [2.75, 3.05) is 16.6 Å². The second-order valence-electron chi connectivity index (χ2n) is 4.77.